The predicted octanol–water partition coefficient (Wildman–Crippen LogP) is 2.23. The van der Waals surface area contributed by atoms with Gasteiger partial charge >= 0.3 is 12.0 Å². The Morgan fingerprint density at radius 1 is 1.09 bits per heavy atom. The quantitative estimate of drug-likeness (QED) is 0.816. The van der Waals surface area contributed by atoms with E-state index in [-0.39, 0.29) is 25.1 Å². The molecule has 0 aromatic heterocycles. The predicted molar refractivity (Wildman–Crippen MR) is 82.8 cm³/mol. The summed E-state index contributed by atoms with van der Waals surface area (Å²) < 4.78 is 6.19. The molecule has 2 N–H and O–H groups in total. The highest BCUT2D eigenvalue weighted by Gasteiger charge is 2.27. The summed E-state index contributed by atoms with van der Waals surface area (Å²) in [4.78, 5) is 24.1. The van der Waals surface area contributed by atoms with Gasteiger partial charge in [0, 0.05) is 19.6 Å². The van der Waals surface area contributed by atoms with Crippen molar-refractivity contribution in [1.29, 1.82) is 0 Å². The lowest BCUT2D eigenvalue weighted by molar-refractivity contribution is -0.136. The van der Waals surface area contributed by atoms with Gasteiger partial charge in [-0.3, -0.25) is 4.79 Å². The van der Waals surface area contributed by atoms with Crippen molar-refractivity contribution in [3.63, 3.8) is 0 Å². The van der Waals surface area contributed by atoms with Crippen LogP contribution >= 0.6 is 0 Å². The van der Waals surface area contributed by atoms with E-state index in [0.717, 1.165) is 31.6 Å². The number of aliphatic carboxylic acids is 1. The molecule has 22 heavy (non-hydrogen) atoms. The number of carbonyl (C=O) groups excluding carboxylic acids is 1. The molecular formula is C16H28N2O4. The Morgan fingerprint density at radius 2 is 1.68 bits per heavy atom. The molecule has 1 aliphatic heterocycles. The third-order valence-corrected chi connectivity index (χ3v) is 4.69. The maximum atomic E-state index is 11.9. The summed E-state index contributed by atoms with van der Waals surface area (Å²) in [7, 11) is 0. The van der Waals surface area contributed by atoms with Crippen molar-refractivity contribution in [2.75, 3.05) is 19.6 Å². The average molecular weight is 312 g/mol. The van der Waals surface area contributed by atoms with Gasteiger partial charge in [0.15, 0.2) is 0 Å². The molecule has 2 rings (SSSR count). The standard InChI is InChI=1S/C16H28N2O4/c1-12-2-4-13(5-3-12)22-14-7-10-18(11-8-14)16(21)17-9-6-15(19)20/h12-14H,2-11H2,1H3,(H,17,21)(H,19,20). The van der Waals surface area contributed by atoms with Crippen LogP contribution in [0.5, 0.6) is 0 Å². The molecule has 6 nitrogen and oxygen atoms in total. The topological polar surface area (TPSA) is 78.9 Å². The molecule has 1 saturated carbocycles. The number of ether oxygens (including phenoxy) is 1. The van der Waals surface area contributed by atoms with Gasteiger partial charge in [0.1, 0.15) is 0 Å². The highest BCUT2D eigenvalue weighted by molar-refractivity contribution is 5.75. The summed E-state index contributed by atoms with van der Waals surface area (Å²) in [6.45, 7) is 3.86. The third kappa shape index (κ3) is 5.48. The van der Waals surface area contributed by atoms with Crippen LogP contribution in [0.1, 0.15) is 51.9 Å². The summed E-state index contributed by atoms with van der Waals surface area (Å²) in [5.41, 5.74) is 0. The lowest BCUT2D eigenvalue weighted by Crippen LogP contribution is -2.46. The maximum Gasteiger partial charge on any atom is 0.317 e. The molecule has 0 spiro atoms. The minimum Gasteiger partial charge on any atom is -0.481 e. The van der Waals surface area contributed by atoms with Gasteiger partial charge in [-0.05, 0) is 44.4 Å². The molecule has 0 aromatic rings. The van der Waals surface area contributed by atoms with E-state index in [1.165, 1.54) is 12.8 Å². The summed E-state index contributed by atoms with van der Waals surface area (Å²) in [5, 5.41) is 11.2. The van der Waals surface area contributed by atoms with Crippen molar-refractivity contribution < 1.29 is 19.4 Å². The van der Waals surface area contributed by atoms with Gasteiger partial charge in [-0.15, -0.1) is 0 Å². The lowest BCUT2D eigenvalue weighted by Gasteiger charge is -2.35. The third-order valence-electron chi connectivity index (χ3n) is 4.69. The maximum absolute atomic E-state index is 11.9. The molecule has 1 saturated heterocycles. The van der Waals surface area contributed by atoms with E-state index in [1.807, 2.05) is 0 Å². The van der Waals surface area contributed by atoms with Gasteiger partial charge in [-0.1, -0.05) is 6.92 Å². The van der Waals surface area contributed by atoms with Crippen molar-refractivity contribution in [1.82, 2.24) is 10.2 Å². The summed E-state index contributed by atoms with van der Waals surface area (Å²) in [6.07, 6.45) is 7.22. The molecule has 0 bridgehead atoms. The second-order valence-electron chi connectivity index (χ2n) is 6.58. The largest absolute Gasteiger partial charge is 0.481 e. The highest BCUT2D eigenvalue weighted by atomic mass is 16.5. The smallest absolute Gasteiger partial charge is 0.317 e. The molecule has 126 valence electrons. The molecule has 6 heteroatoms. The Hall–Kier alpha value is -1.30. The van der Waals surface area contributed by atoms with E-state index in [2.05, 4.69) is 12.2 Å². The van der Waals surface area contributed by atoms with Gasteiger partial charge in [0.25, 0.3) is 0 Å². The molecule has 0 atom stereocenters. The zero-order valence-electron chi connectivity index (χ0n) is 13.4. The molecule has 2 aliphatic rings. The minimum atomic E-state index is -0.894. The highest BCUT2D eigenvalue weighted by Crippen LogP contribution is 2.28. The first-order valence-electron chi connectivity index (χ1n) is 8.44. The van der Waals surface area contributed by atoms with Crippen LogP contribution in [0.15, 0.2) is 0 Å². The number of rotatable bonds is 5. The van der Waals surface area contributed by atoms with Crippen molar-refractivity contribution in [3.05, 3.63) is 0 Å². The van der Waals surface area contributed by atoms with Crippen LogP contribution in [0.4, 0.5) is 4.79 Å². The van der Waals surface area contributed by atoms with Crippen LogP contribution < -0.4 is 5.32 Å². The Morgan fingerprint density at radius 3 is 2.27 bits per heavy atom. The molecule has 0 radical (unpaired) electrons. The molecule has 2 amide bonds. The van der Waals surface area contributed by atoms with E-state index in [0.29, 0.717) is 19.2 Å². The van der Waals surface area contributed by atoms with Crippen LogP contribution in [-0.2, 0) is 9.53 Å². The summed E-state index contributed by atoms with van der Waals surface area (Å²) in [5.74, 6) is -0.0644. The average Bonchev–Trinajstić information content (AvgIpc) is 2.50. The summed E-state index contributed by atoms with van der Waals surface area (Å²) in [6, 6.07) is -0.161. The fraction of sp³-hybridized carbons (Fsp3) is 0.875. The van der Waals surface area contributed by atoms with E-state index in [1.54, 1.807) is 4.90 Å². The van der Waals surface area contributed by atoms with Crippen molar-refractivity contribution in [3.8, 4) is 0 Å². The number of piperidine rings is 1. The SMILES string of the molecule is CC1CCC(OC2CCN(C(=O)NCCC(=O)O)CC2)CC1. The zero-order valence-corrected chi connectivity index (χ0v) is 13.4. The van der Waals surface area contributed by atoms with Crippen LogP contribution in [0.3, 0.4) is 0 Å². The second kappa shape index (κ2) is 8.36. The molecule has 2 fully saturated rings. The van der Waals surface area contributed by atoms with Gasteiger partial charge in [-0.25, -0.2) is 4.79 Å². The minimum absolute atomic E-state index is 0.0363. The Labute approximate surface area is 132 Å². The normalized spacial score (nSPS) is 26.7. The van der Waals surface area contributed by atoms with Gasteiger partial charge in [0.2, 0.25) is 0 Å². The fourth-order valence-electron chi connectivity index (χ4n) is 3.22. The van der Waals surface area contributed by atoms with Gasteiger partial charge in [-0.2, -0.15) is 0 Å². The number of carboxylic acid groups (broad SMARTS) is 1. The first-order valence-corrected chi connectivity index (χ1v) is 8.44. The van der Waals surface area contributed by atoms with Crippen molar-refractivity contribution in [2.45, 2.75) is 64.1 Å². The number of nitrogens with one attached hydrogen (secondary N) is 1. The first-order chi connectivity index (χ1) is 10.5. The number of amides is 2. The van der Waals surface area contributed by atoms with E-state index in [4.69, 9.17) is 9.84 Å². The van der Waals surface area contributed by atoms with Crippen molar-refractivity contribution in [2.24, 2.45) is 5.92 Å². The second-order valence-corrected chi connectivity index (χ2v) is 6.58. The Bertz CT molecular complexity index is 372. The molecule has 1 heterocycles. The Kier molecular flexibility index (Phi) is 6.49. The van der Waals surface area contributed by atoms with Crippen molar-refractivity contribution >= 4 is 12.0 Å². The zero-order chi connectivity index (χ0) is 15.9. The number of likely N-dealkylation sites (tertiary alicyclic amines) is 1. The van der Waals surface area contributed by atoms with Gasteiger partial charge < -0.3 is 20.1 Å². The number of hydrogen-bond acceptors (Lipinski definition) is 3. The molecular weight excluding hydrogens is 284 g/mol. The molecule has 0 unspecified atom stereocenters. The van der Waals surface area contributed by atoms with Crippen LogP contribution in [0, 0.1) is 5.92 Å². The monoisotopic (exact) mass is 312 g/mol. The van der Waals surface area contributed by atoms with Gasteiger partial charge in [0.05, 0.1) is 18.6 Å². The Balaban J connectivity index is 1.62. The molecule has 0 aromatic carbocycles. The number of urea groups is 1. The number of hydrogen-bond donors (Lipinski definition) is 2. The van der Waals surface area contributed by atoms with Crippen LogP contribution in [0.25, 0.3) is 0 Å². The first kappa shape index (κ1) is 17.1. The fourth-order valence-corrected chi connectivity index (χ4v) is 3.22. The van der Waals surface area contributed by atoms with E-state index in [9.17, 15) is 9.59 Å². The number of carboxylic acids is 1. The van der Waals surface area contributed by atoms with Crippen LogP contribution in [-0.4, -0.2) is 53.8 Å². The summed E-state index contributed by atoms with van der Waals surface area (Å²) >= 11 is 0. The lowest BCUT2D eigenvalue weighted by atomic mass is 9.88. The molecule has 1 aliphatic carbocycles. The number of nitrogens with zero attached hydrogens (tertiary/aromatic N) is 1. The number of carbonyl (C=O) groups is 2. The van der Waals surface area contributed by atoms with Crippen LogP contribution in [0.2, 0.25) is 0 Å². The van der Waals surface area contributed by atoms with E-state index < -0.39 is 5.97 Å². The van der Waals surface area contributed by atoms with E-state index >= 15 is 0 Å².